The number of nitrogens with zero attached hydrogens (tertiary/aromatic N) is 1. The second-order valence-electron chi connectivity index (χ2n) is 4.07. The number of primary amides is 1. The van der Waals surface area contributed by atoms with E-state index in [-0.39, 0.29) is 11.5 Å². The van der Waals surface area contributed by atoms with Crippen molar-refractivity contribution in [1.29, 1.82) is 5.26 Å². The molecule has 0 spiro atoms. The van der Waals surface area contributed by atoms with Crippen LogP contribution in [0.4, 0.5) is 10.1 Å². The second kappa shape index (κ2) is 5.30. The van der Waals surface area contributed by atoms with Crippen molar-refractivity contribution in [3.63, 3.8) is 0 Å². The largest absolute Gasteiger partial charge is 0.373 e. The molecular weight excluding hydrogens is 221 g/mol. The smallest absolute Gasteiger partial charge is 0.240 e. The monoisotopic (exact) mass is 235 g/mol. The van der Waals surface area contributed by atoms with E-state index in [0.29, 0.717) is 5.69 Å². The van der Waals surface area contributed by atoms with Gasteiger partial charge in [-0.05, 0) is 24.1 Å². The van der Waals surface area contributed by atoms with E-state index in [0.717, 1.165) is 0 Å². The van der Waals surface area contributed by atoms with Crippen molar-refractivity contribution in [2.24, 2.45) is 11.7 Å². The molecule has 0 heterocycles. The lowest BCUT2D eigenvalue weighted by Gasteiger charge is -2.20. The van der Waals surface area contributed by atoms with Gasteiger partial charge < -0.3 is 11.1 Å². The molecule has 0 saturated heterocycles. The van der Waals surface area contributed by atoms with Crippen molar-refractivity contribution in [1.82, 2.24) is 0 Å². The second-order valence-corrected chi connectivity index (χ2v) is 4.07. The lowest BCUT2D eigenvalue weighted by molar-refractivity contribution is -0.119. The van der Waals surface area contributed by atoms with Crippen molar-refractivity contribution in [3.05, 3.63) is 29.6 Å². The number of rotatable bonds is 4. The van der Waals surface area contributed by atoms with Crippen molar-refractivity contribution in [2.45, 2.75) is 19.9 Å². The molecule has 1 unspecified atom stereocenters. The first-order valence-corrected chi connectivity index (χ1v) is 5.21. The van der Waals surface area contributed by atoms with Gasteiger partial charge in [0.1, 0.15) is 17.9 Å². The van der Waals surface area contributed by atoms with Crippen molar-refractivity contribution in [2.75, 3.05) is 5.32 Å². The third-order valence-corrected chi connectivity index (χ3v) is 2.38. The van der Waals surface area contributed by atoms with Gasteiger partial charge in [-0.3, -0.25) is 4.79 Å². The molecule has 5 heteroatoms. The minimum atomic E-state index is -0.621. The number of carbonyl (C=O) groups is 1. The van der Waals surface area contributed by atoms with Gasteiger partial charge in [0.15, 0.2) is 0 Å². The van der Waals surface area contributed by atoms with Crippen LogP contribution in [0.5, 0.6) is 0 Å². The summed E-state index contributed by atoms with van der Waals surface area (Å²) in [4.78, 5) is 11.2. The maximum atomic E-state index is 13.3. The summed E-state index contributed by atoms with van der Waals surface area (Å²) < 4.78 is 13.3. The van der Waals surface area contributed by atoms with Crippen LogP contribution >= 0.6 is 0 Å². The molecule has 0 aliphatic rings. The first-order chi connectivity index (χ1) is 7.95. The van der Waals surface area contributed by atoms with E-state index in [1.165, 1.54) is 12.1 Å². The Morgan fingerprint density at radius 3 is 2.59 bits per heavy atom. The fourth-order valence-corrected chi connectivity index (χ4v) is 1.44. The highest BCUT2D eigenvalue weighted by Gasteiger charge is 2.19. The fourth-order valence-electron chi connectivity index (χ4n) is 1.44. The van der Waals surface area contributed by atoms with Gasteiger partial charge in [-0.15, -0.1) is 0 Å². The molecule has 0 aromatic heterocycles. The molecule has 90 valence electrons. The van der Waals surface area contributed by atoms with Gasteiger partial charge in [0.2, 0.25) is 5.91 Å². The lowest BCUT2D eigenvalue weighted by atomic mass is 10.0. The van der Waals surface area contributed by atoms with Crippen LogP contribution in [0.25, 0.3) is 0 Å². The maximum absolute atomic E-state index is 13.3. The summed E-state index contributed by atoms with van der Waals surface area (Å²) >= 11 is 0. The molecule has 0 radical (unpaired) electrons. The molecule has 1 atom stereocenters. The van der Waals surface area contributed by atoms with Gasteiger partial charge in [-0.25, -0.2) is 4.39 Å². The normalized spacial score (nSPS) is 11.9. The van der Waals surface area contributed by atoms with E-state index in [9.17, 15) is 9.18 Å². The lowest BCUT2D eigenvalue weighted by Crippen LogP contribution is -2.39. The van der Waals surface area contributed by atoms with E-state index in [1.54, 1.807) is 12.1 Å². The highest BCUT2D eigenvalue weighted by molar-refractivity contribution is 5.83. The Bertz CT molecular complexity index is 465. The zero-order chi connectivity index (χ0) is 13.0. The summed E-state index contributed by atoms with van der Waals surface area (Å²) in [6.07, 6.45) is 0. The molecule has 0 fully saturated rings. The molecule has 0 aliphatic carbocycles. The number of nitrogens with two attached hydrogens (primary N) is 1. The number of nitrogens with one attached hydrogen (secondary N) is 1. The van der Waals surface area contributed by atoms with Crippen LogP contribution in [-0.2, 0) is 4.79 Å². The maximum Gasteiger partial charge on any atom is 0.240 e. The topological polar surface area (TPSA) is 78.9 Å². The summed E-state index contributed by atoms with van der Waals surface area (Å²) in [5.41, 5.74) is 5.63. The summed E-state index contributed by atoms with van der Waals surface area (Å²) in [6.45, 7) is 3.67. The average molecular weight is 235 g/mol. The van der Waals surface area contributed by atoms with E-state index in [2.05, 4.69) is 5.32 Å². The number of hydrogen-bond acceptors (Lipinski definition) is 3. The van der Waals surface area contributed by atoms with Crippen LogP contribution in [0.3, 0.4) is 0 Å². The Kier molecular flexibility index (Phi) is 4.05. The summed E-state index contributed by atoms with van der Waals surface area (Å²) in [6, 6.07) is 5.24. The minimum absolute atomic E-state index is 0.00814. The summed E-state index contributed by atoms with van der Waals surface area (Å²) in [5, 5.41) is 11.4. The average Bonchev–Trinajstić information content (AvgIpc) is 2.25. The first kappa shape index (κ1) is 13.0. The van der Waals surface area contributed by atoms with E-state index in [4.69, 9.17) is 11.0 Å². The van der Waals surface area contributed by atoms with E-state index >= 15 is 0 Å². The third kappa shape index (κ3) is 3.18. The van der Waals surface area contributed by atoms with Crippen molar-refractivity contribution in [3.8, 4) is 6.07 Å². The zero-order valence-electron chi connectivity index (χ0n) is 9.70. The zero-order valence-corrected chi connectivity index (χ0v) is 9.70. The summed E-state index contributed by atoms with van der Waals surface area (Å²) in [5.74, 6) is -1.12. The molecule has 1 aromatic carbocycles. The number of benzene rings is 1. The molecule has 3 N–H and O–H groups in total. The number of hydrogen-bond donors (Lipinski definition) is 2. The Morgan fingerprint density at radius 2 is 2.18 bits per heavy atom. The summed E-state index contributed by atoms with van der Waals surface area (Å²) in [7, 11) is 0. The predicted molar refractivity (Wildman–Crippen MR) is 62.6 cm³/mol. The van der Waals surface area contributed by atoms with Crippen LogP contribution in [0.1, 0.15) is 19.4 Å². The van der Waals surface area contributed by atoms with Gasteiger partial charge in [0, 0.05) is 5.69 Å². The fraction of sp³-hybridized carbons (Fsp3) is 0.333. The Labute approximate surface area is 99.2 Å². The molecule has 4 nitrogen and oxygen atoms in total. The predicted octanol–water partition coefficient (Wildman–Crippen LogP) is 1.62. The van der Waals surface area contributed by atoms with Crippen LogP contribution in [0, 0.1) is 23.1 Å². The molecule has 1 rings (SSSR count). The number of anilines is 1. The number of nitriles is 1. The van der Waals surface area contributed by atoms with Gasteiger partial charge in [0.05, 0.1) is 5.56 Å². The van der Waals surface area contributed by atoms with Gasteiger partial charge in [-0.1, -0.05) is 13.8 Å². The molecule has 17 heavy (non-hydrogen) atoms. The molecule has 1 amide bonds. The molecule has 0 saturated carbocycles. The van der Waals surface area contributed by atoms with E-state index < -0.39 is 17.8 Å². The highest BCUT2D eigenvalue weighted by Crippen LogP contribution is 2.16. The highest BCUT2D eigenvalue weighted by atomic mass is 19.1. The van der Waals surface area contributed by atoms with Crippen LogP contribution < -0.4 is 11.1 Å². The van der Waals surface area contributed by atoms with Gasteiger partial charge in [-0.2, -0.15) is 5.26 Å². The minimum Gasteiger partial charge on any atom is -0.373 e. The molecular formula is C12H14FN3O. The molecule has 1 aromatic rings. The standard InChI is InChI=1S/C12H14FN3O/c1-7(2)11(12(15)17)16-9-4-3-8(6-14)10(13)5-9/h3-5,7,11,16H,1-2H3,(H2,15,17). The van der Waals surface area contributed by atoms with Gasteiger partial charge >= 0.3 is 0 Å². The SMILES string of the molecule is CC(C)C(Nc1ccc(C#N)c(F)c1)C(N)=O. The van der Waals surface area contributed by atoms with E-state index in [1.807, 2.05) is 13.8 Å². The van der Waals surface area contributed by atoms with Crippen molar-refractivity contribution >= 4 is 11.6 Å². The Hall–Kier alpha value is -2.09. The number of halogens is 1. The van der Waals surface area contributed by atoms with Gasteiger partial charge in [0.25, 0.3) is 0 Å². The van der Waals surface area contributed by atoms with Crippen LogP contribution in [-0.4, -0.2) is 11.9 Å². The third-order valence-electron chi connectivity index (χ3n) is 2.38. The first-order valence-electron chi connectivity index (χ1n) is 5.21. The number of carbonyl (C=O) groups excluding carboxylic acids is 1. The van der Waals surface area contributed by atoms with Crippen LogP contribution in [0.15, 0.2) is 18.2 Å². The van der Waals surface area contributed by atoms with Crippen molar-refractivity contribution < 1.29 is 9.18 Å². The Morgan fingerprint density at radius 1 is 1.53 bits per heavy atom. The Balaban J connectivity index is 2.92. The quantitative estimate of drug-likeness (QED) is 0.832. The number of amides is 1. The molecule has 0 aliphatic heterocycles. The molecule has 0 bridgehead atoms. The van der Waals surface area contributed by atoms with Crippen LogP contribution in [0.2, 0.25) is 0 Å².